The van der Waals surface area contributed by atoms with Crippen LogP contribution in [-0.2, 0) is 25.8 Å². The summed E-state index contributed by atoms with van der Waals surface area (Å²) in [6.07, 6.45) is 6.84. The highest BCUT2D eigenvalue weighted by Crippen LogP contribution is 2.28. The van der Waals surface area contributed by atoms with Crippen molar-refractivity contribution < 1.29 is 0 Å². The molecule has 0 spiro atoms. The van der Waals surface area contributed by atoms with Crippen LogP contribution in [0.5, 0.6) is 0 Å². The molecule has 8 heteroatoms. The van der Waals surface area contributed by atoms with Gasteiger partial charge in [0, 0.05) is 30.2 Å². The van der Waals surface area contributed by atoms with Crippen molar-refractivity contribution in [3.63, 3.8) is 0 Å². The second-order valence-electron chi connectivity index (χ2n) is 8.52. The molecule has 0 aliphatic carbocycles. The van der Waals surface area contributed by atoms with Gasteiger partial charge in [-0.2, -0.15) is 10.3 Å². The fourth-order valence-corrected chi connectivity index (χ4v) is 4.11. The number of benzene rings is 2. The third-order valence-corrected chi connectivity index (χ3v) is 5.97. The highest BCUT2D eigenvalue weighted by molar-refractivity contribution is 5.78. The Bertz CT molecular complexity index is 1340. The molecule has 0 unspecified atom stereocenters. The first-order chi connectivity index (χ1) is 17.3. The minimum Gasteiger partial charge on any atom is -0.256 e. The average molecular weight is 465 g/mol. The molecule has 5 aromatic rings. The molecule has 0 atom stereocenters. The van der Waals surface area contributed by atoms with Gasteiger partial charge in [0.1, 0.15) is 5.82 Å². The fourth-order valence-electron chi connectivity index (χ4n) is 4.11. The maximum absolute atomic E-state index is 4.87. The average Bonchev–Trinajstić information content (AvgIpc) is 3.58. The minimum absolute atomic E-state index is 0.553. The number of nitrogens with one attached hydrogen (secondary N) is 1. The van der Waals surface area contributed by atoms with Crippen LogP contribution in [0.1, 0.15) is 42.5 Å². The van der Waals surface area contributed by atoms with E-state index < -0.39 is 0 Å². The van der Waals surface area contributed by atoms with Crippen LogP contribution in [0.3, 0.4) is 0 Å². The van der Waals surface area contributed by atoms with Crippen molar-refractivity contribution in [1.82, 2.24) is 40.4 Å². The van der Waals surface area contributed by atoms with E-state index in [4.69, 9.17) is 15.1 Å². The van der Waals surface area contributed by atoms with E-state index in [0.717, 1.165) is 66.1 Å². The Balaban J connectivity index is 1.36. The van der Waals surface area contributed by atoms with Crippen molar-refractivity contribution in [2.75, 3.05) is 0 Å². The maximum atomic E-state index is 4.87. The van der Waals surface area contributed by atoms with E-state index in [1.165, 1.54) is 5.56 Å². The fraction of sp³-hybridized carbons (Fsp3) is 0.259. The van der Waals surface area contributed by atoms with E-state index in [1.807, 2.05) is 47.3 Å². The molecule has 0 fully saturated rings. The van der Waals surface area contributed by atoms with Crippen LogP contribution in [0.25, 0.3) is 22.6 Å². The smallest absolute Gasteiger partial charge is 0.205 e. The van der Waals surface area contributed by atoms with Crippen molar-refractivity contribution in [3.05, 3.63) is 95.7 Å². The van der Waals surface area contributed by atoms with Crippen molar-refractivity contribution in [3.8, 4) is 22.6 Å². The first-order valence-electron chi connectivity index (χ1n) is 12.0. The van der Waals surface area contributed by atoms with Crippen molar-refractivity contribution in [1.29, 1.82) is 0 Å². The standard InChI is InChI=1S/C27H28N8/c1-2-3-13-25-29-26(17-15-20-9-5-4-6-10-20)35(32-25)19-21-14-16-24(28-18-21)22-11-7-8-12-23(22)27-30-33-34-31-27/h4-12,14,16,18H,2-3,13,15,17,19H2,1H3,(H,30,31,33,34). The molecular formula is C27H28N8. The molecule has 0 radical (unpaired) electrons. The van der Waals surface area contributed by atoms with Crippen LogP contribution < -0.4 is 0 Å². The topological polar surface area (TPSA) is 98.1 Å². The van der Waals surface area contributed by atoms with E-state index in [9.17, 15) is 0 Å². The Morgan fingerprint density at radius 1 is 0.829 bits per heavy atom. The van der Waals surface area contributed by atoms with Gasteiger partial charge >= 0.3 is 0 Å². The number of tetrazole rings is 1. The van der Waals surface area contributed by atoms with Crippen LogP contribution in [0.2, 0.25) is 0 Å². The van der Waals surface area contributed by atoms with Crippen LogP contribution >= 0.6 is 0 Å². The number of pyridine rings is 1. The molecule has 0 aliphatic rings. The lowest BCUT2D eigenvalue weighted by molar-refractivity contribution is 0.623. The summed E-state index contributed by atoms with van der Waals surface area (Å²) >= 11 is 0. The normalized spacial score (nSPS) is 11.1. The molecule has 5 rings (SSSR count). The summed E-state index contributed by atoms with van der Waals surface area (Å²) in [5.74, 6) is 2.50. The largest absolute Gasteiger partial charge is 0.256 e. The summed E-state index contributed by atoms with van der Waals surface area (Å²) in [6, 6.07) is 22.6. The zero-order chi connectivity index (χ0) is 23.9. The highest BCUT2D eigenvalue weighted by Gasteiger charge is 2.13. The van der Waals surface area contributed by atoms with E-state index in [-0.39, 0.29) is 0 Å². The quantitative estimate of drug-likeness (QED) is 0.322. The molecule has 0 amide bonds. The van der Waals surface area contributed by atoms with Crippen molar-refractivity contribution >= 4 is 0 Å². The van der Waals surface area contributed by atoms with Gasteiger partial charge in [-0.15, -0.1) is 10.2 Å². The van der Waals surface area contributed by atoms with Crippen LogP contribution in [0.15, 0.2) is 72.9 Å². The van der Waals surface area contributed by atoms with E-state index in [1.54, 1.807) is 0 Å². The number of aryl methyl sites for hydroxylation is 3. The van der Waals surface area contributed by atoms with Gasteiger partial charge in [0.15, 0.2) is 5.82 Å². The number of nitrogens with zero attached hydrogens (tertiary/aromatic N) is 7. The summed E-state index contributed by atoms with van der Waals surface area (Å²) in [5.41, 5.74) is 5.11. The van der Waals surface area contributed by atoms with Gasteiger partial charge < -0.3 is 0 Å². The second kappa shape index (κ2) is 10.8. The third-order valence-electron chi connectivity index (χ3n) is 5.97. The number of H-pyrrole nitrogens is 1. The predicted octanol–water partition coefficient (Wildman–Crippen LogP) is 4.70. The lowest BCUT2D eigenvalue weighted by Gasteiger charge is -2.09. The molecular weight excluding hydrogens is 436 g/mol. The number of unbranched alkanes of at least 4 members (excludes halogenated alkanes) is 1. The Labute approximate surface area is 204 Å². The van der Waals surface area contributed by atoms with Gasteiger partial charge in [0.05, 0.1) is 12.2 Å². The number of hydrogen-bond acceptors (Lipinski definition) is 6. The van der Waals surface area contributed by atoms with E-state index >= 15 is 0 Å². The number of aromatic nitrogens is 8. The minimum atomic E-state index is 0.553. The molecule has 3 aromatic heterocycles. The predicted molar refractivity (Wildman–Crippen MR) is 134 cm³/mol. The van der Waals surface area contributed by atoms with Crippen molar-refractivity contribution in [2.45, 2.75) is 45.6 Å². The van der Waals surface area contributed by atoms with Gasteiger partial charge in [0.25, 0.3) is 0 Å². The molecule has 0 saturated heterocycles. The Morgan fingerprint density at radius 2 is 1.66 bits per heavy atom. The highest BCUT2D eigenvalue weighted by atomic mass is 15.5. The van der Waals surface area contributed by atoms with E-state index in [0.29, 0.717) is 12.4 Å². The van der Waals surface area contributed by atoms with Crippen LogP contribution in [0.4, 0.5) is 0 Å². The Hall–Kier alpha value is -4.20. The number of rotatable bonds is 10. The summed E-state index contributed by atoms with van der Waals surface area (Å²) in [6.45, 7) is 2.83. The molecule has 0 aliphatic heterocycles. The molecule has 3 heterocycles. The monoisotopic (exact) mass is 464 g/mol. The lowest BCUT2D eigenvalue weighted by atomic mass is 10.0. The summed E-state index contributed by atoms with van der Waals surface area (Å²) in [5, 5.41) is 19.3. The van der Waals surface area contributed by atoms with Gasteiger partial charge in [-0.05, 0) is 35.2 Å². The SMILES string of the molecule is CCCCc1nc(CCc2ccccc2)n(Cc2ccc(-c3ccccc3-c3nn[nH]n3)nc2)n1. The first kappa shape index (κ1) is 22.6. The molecule has 176 valence electrons. The Morgan fingerprint density at radius 3 is 2.40 bits per heavy atom. The summed E-state index contributed by atoms with van der Waals surface area (Å²) in [7, 11) is 0. The zero-order valence-corrected chi connectivity index (χ0v) is 19.8. The molecule has 35 heavy (non-hydrogen) atoms. The van der Waals surface area contributed by atoms with Gasteiger partial charge in [0.2, 0.25) is 5.82 Å². The maximum Gasteiger partial charge on any atom is 0.205 e. The van der Waals surface area contributed by atoms with Gasteiger partial charge in [-0.3, -0.25) is 4.98 Å². The number of hydrogen-bond donors (Lipinski definition) is 1. The number of aromatic amines is 1. The molecule has 0 saturated carbocycles. The summed E-state index contributed by atoms with van der Waals surface area (Å²) in [4.78, 5) is 9.62. The van der Waals surface area contributed by atoms with Crippen molar-refractivity contribution in [2.24, 2.45) is 0 Å². The molecule has 8 nitrogen and oxygen atoms in total. The third kappa shape index (κ3) is 5.48. The Kier molecular flexibility index (Phi) is 6.98. The van der Waals surface area contributed by atoms with Gasteiger partial charge in [-0.25, -0.2) is 9.67 Å². The van der Waals surface area contributed by atoms with E-state index in [2.05, 4.69) is 57.9 Å². The van der Waals surface area contributed by atoms with Gasteiger partial charge in [-0.1, -0.05) is 74.0 Å². The lowest BCUT2D eigenvalue weighted by Crippen LogP contribution is -2.08. The molecule has 1 N–H and O–H groups in total. The van der Waals surface area contributed by atoms with Crippen LogP contribution in [0, 0.1) is 0 Å². The molecule has 2 aromatic carbocycles. The zero-order valence-electron chi connectivity index (χ0n) is 19.8. The second-order valence-corrected chi connectivity index (χ2v) is 8.52. The molecule has 0 bridgehead atoms. The van der Waals surface area contributed by atoms with Crippen LogP contribution in [-0.4, -0.2) is 40.4 Å². The summed E-state index contributed by atoms with van der Waals surface area (Å²) < 4.78 is 2.04. The first-order valence-corrected chi connectivity index (χ1v) is 12.0.